The van der Waals surface area contributed by atoms with Crippen LogP contribution in [0, 0.1) is 5.92 Å². The number of aliphatic hydroxyl groups excluding tert-OH is 1. The van der Waals surface area contributed by atoms with Gasteiger partial charge in [0.1, 0.15) is 5.60 Å². The molecule has 1 fully saturated rings. The van der Waals surface area contributed by atoms with Gasteiger partial charge in [-0.3, -0.25) is 4.98 Å². The van der Waals surface area contributed by atoms with Crippen molar-refractivity contribution in [2.45, 2.75) is 64.2 Å². The zero-order valence-corrected chi connectivity index (χ0v) is 14.2. The molecule has 6 nitrogen and oxygen atoms in total. The topological polar surface area (TPSA) is 97.5 Å². The maximum atomic E-state index is 12.0. The molecule has 4 atom stereocenters. The van der Waals surface area contributed by atoms with Crippen LogP contribution >= 0.6 is 0 Å². The van der Waals surface area contributed by atoms with Gasteiger partial charge in [0.15, 0.2) is 0 Å². The number of pyridine rings is 1. The van der Waals surface area contributed by atoms with Crippen molar-refractivity contribution in [1.82, 2.24) is 10.3 Å². The number of hydrogen-bond acceptors (Lipinski definition) is 5. The molecule has 0 radical (unpaired) electrons. The Morgan fingerprint density at radius 2 is 2.13 bits per heavy atom. The Kier molecular flexibility index (Phi) is 5.14. The molecule has 2 rings (SSSR count). The number of carbonyl (C=O) groups excluding carboxylic acids is 1. The zero-order chi connectivity index (χ0) is 17.2. The summed E-state index contributed by atoms with van der Waals surface area (Å²) in [5.74, 6) is 0.234. The van der Waals surface area contributed by atoms with Gasteiger partial charge in [-0.05, 0) is 57.1 Å². The second-order valence-corrected chi connectivity index (χ2v) is 7.39. The average Bonchev–Trinajstić information content (AvgIpc) is 2.42. The van der Waals surface area contributed by atoms with Gasteiger partial charge in [-0.15, -0.1) is 0 Å². The van der Waals surface area contributed by atoms with Crippen molar-refractivity contribution in [3.63, 3.8) is 0 Å². The van der Waals surface area contributed by atoms with Gasteiger partial charge in [0, 0.05) is 6.20 Å². The van der Waals surface area contributed by atoms with E-state index < -0.39 is 17.8 Å². The maximum Gasteiger partial charge on any atom is 0.407 e. The van der Waals surface area contributed by atoms with E-state index in [1.165, 1.54) is 0 Å². The Labute approximate surface area is 137 Å². The van der Waals surface area contributed by atoms with Crippen molar-refractivity contribution < 1.29 is 14.6 Å². The van der Waals surface area contributed by atoms with Gasteiger partial charge in [-0.2, -0.15) is 0 Å². The second-order valence-electron chi connectivity index (χ2n) is 7.39. The van der Waals surface area contributed by atoms with Crippen molar-refractivity contribution >= 4 is 11.8 Å². The minimum absolute atomic E-state index is 0.0567. The number of aromatic nitrogens is 1. The Bertz CT molecular complexity index is 556. The number of alkyl carbamates (subject to hydrolysis) is 1. The highest BCUT2D eigenvalue weighted by molar-refractivity contribution is 5.68. The lowest BCUT2D eigenvalue weighted by molar-refractivity contribution is 0.0176. The molecule has 0 saturated heterocycles. The summed E-state index contributed by atoms with van der Waals surface area (Å²) < 4.78 is 5.29. The van der Waals surface area contributed by atoms with Crippen LogP contribution in [-0.4, -0.2) is 33.9 Å². The second kappa shape index (κ2) is 6.74. The quantitative estimate of drug-likeness (QED) is 0.777. The summed E-state index contributed by atoms with van der Waals surface area (Å²) in [6.07, 6.45) is 3.71. The minimum Gasteiger partial charge on any atom is -0.444 e. The van der Waals surface area contributed by atoms with Gasteiger partial charge in [-0.25, -0.2) is 4.79 Å². The van der Waals surface area contributed by atoms with E-state index in [1.807, 2.05) is 33.8 Å². The SMILES string of the molecule is C[C@@H]1C[C@H](c2ccncc2N)C[C@H](NC(=O)OC(C)(C)C)[C@H]1O. The summed E-state index contributed by atoms with van der Waals surface area (Å²) in [7, 11) is 0. The number of ether oxygens (including phenoxy) is 1. The predicted octanol–water partition coefficient (Wildman–Crippen LogP) is 2.43. The minimum atomic E-state index is -0.596. The van der Waals surface area contributed by atoms with Crippen molar-refractivity contribution in [3.05, 3.63) is 24.0 Å². The van der Waals surface area contributed by atoms with Crippen LogP contribution in [0.4, 0.5) is 10.5 Å². The first-order chi connectivity index (χ1) is 10.7. The lowest BCUT2D eigenvalue weighted by Gasteiger charge is -2.38. The van der Waals surface area contributed by atoms with Gasteiger partial charge < -0.3 is 20.9 Å². The van der Waals surface area contributed by atoms with Gasteiger partial charge in [0.25, 0.3) is 0 Å². The largest absolute Gasteiger partial charge is 0.444 e. The average molecular weight is 321 g/mol. The Hall–Kier alpha value is -1.82. The molecule has 1 amide bonds. The summed E-state index contributed by atoms with van der Waals surface area (Å²) in [4.78, 5) is 16.0. The first-order valence-corrected chi connectivity index (χ1v) is 8.04. The van der Waals surface area contributed by atoms with Crippen molar-refractivity contribution in [3.8, 4) is 0 Å². The molecular weight excluding hydrogens is 294 g/mol. The number of amides is 1. The van der Waals surface area contributed by atoms with Gasteiger partial charge in [-0.1, -0.05) is 6.92 Å². The third kappa shape index (κ3) is 4.58. The number of aliphatic hydroxyl groups is 1. The Morgan fingerprint density at radius 1 is 1.43 bits per heavy atom. The highest BCUT2D eigenvalue weighted by atomic mass is 16.6. The van der Waals surface area contributed by atoms with E-state index in [1.54, 1.807) is 12.4 Å². The Balaban J connectivity index is 2.10. The monoisotopic (exact) mass is 321 g/mol. The first-order valence-electron chi connectivity index (χ1n) is 8.04. The van der Waals surface area contributed by atoms with Gasteiger partial charge in [0.05, 0.1) is 24.0 Å². The van der Waals surface area contributed by atoms with Crippen LogP contribution in [0.2, 0.25) is 0 Å². The van der Waals surface area contributed by atoms with E-state index in [-0.39, 0.29) is 17.9 Å². The molecule has 0 aliphatic heterocycles. The standard InChI is InChI=1S/C17H27N3O3/c1-10-7-11(12-5-6-19-9-13(12)18)8-14(15(10)21)20-16(22)23-17(2,3)4/h5-6,9-11,14-15,21H,7-8,18H2,1-4H3,(H,20,22)/t10-,11+,14+,15+/m1/s1. The van der Waals surface area contributed by atoms with E-state index >= 15 is 0 Å². The van der Waals surface area contributed by atoms with Crippen LogP contribution in [-0.2, 0) is 4.74 Å². The van der Waals surface area contributed by atoms with Crippen LogP contribution in [0.25, 0.3) is 0 Å². The normalized spacial score (nSPS) is 28.2. The molecule has 1 heterocycles. The number of nitrogen functional groups attached to an aromatic ring is 1. The van der Waals surface area contributed by atoms with Crippen LogP contribution in [0.3, 0.4) is 0 Å². The number of nitrogens with one attached hydrogen (secondary N) is 1. The molecule has 0 unspecified atom stereocenters. The molecule has 23 heavy (non-hydrogen) atoms. The maximum absolute atomic E-state index is 12.0. The van der Waals surface area contributed by atoms with E-state index in [0.29, 0.717) is 12.1 Å². The third-order valence-electron chi connectivity index (χ3n) is 4.22. The van der Waals surface area contributed by atoms with Crippen molar-refractivity contribution in [1.29, 1.82) is 0 Å². The van der Waals surface area contributed by atoms with Gasteiger partial charge >= 0.3 is 6.09 Å². The summed E-state index contributed by atoms with van der Waals surface area (Å²) in [6, 6.07) is 1.56. The number of hydrogen-bond donors (Lipinski definition) is 3. The molecule has 1 aromatic rings. The molecule has 1 aliphatic carbocycles. The van der Waals surface area contributed by atoms with Crippen LogP contribution < -0.4 is 11.1 Å². The fourth-order valence-corrected chi connectivity index (χ4v) is 3.17. The predicted molar refractivity (Wildman–Crippen MR) is 89.0 cm³/mol. The number of rotatable bonds is 2. The molecule has 128 valence electrons. The van der Waals surface area contributed by atoms with Crippen LogP contribution in [0.1, 0.15) is 52.0 Å². The molecule has 0 spiro atoms. The highest BCUT2D eigenvalue weighted by Gasteiger charge is 2.37. The lowest BCUT2D eigenvalue weighted by atomic mass is 9.74. The van der Waals surface area contributed by atoms with E-state index in [0.717, 1.165) is 12.0 Å². The van der Waals surface area contributed by atoms with E-state index in [9.17, 15) is 9.90 Å². The summed E-state index contributed by atoms with van der Waals surface area (Å²) in [6.45, 7) is 7.42. The number of anilines is 1. The summed E-state index contributed by atoms with van der Waals surface area (Å²) in [5.41, 5.74) is 7.13. The fourth-order valence-electron chi connectivity index (χ4n) is 3.17. The third-order valence-corrected chi connectivity index (χ3v) is 4.22. The van der Waals surface area contributed by atoms with Crippen LogP contribution in [0.5, 0.6) is 0 Å². The molecule has 0 bridgehead atoms. The number of nitrogens with zero attached hydrogens (tertiary/aromatic N) is 1. The molecular formula is C17H27N3O3. The molecule has 1 aromatic heterocycles. The van der Waals surface area contributed by atoms with Gasteiger partial charge in [0.2, 0.25) is 0 Å². The van der Waals surface area contributed by atoms with Crippen molar-refractivity contribution in [2.75, 3.05) is 5.73 Å². The number of carbonyl (C=O) groups is 1. The highest BCUT2D eigenvalue weighted by Crippen LogP contribution is 2.38. The molecule has 4 N–H and O–H groups in total. The first kappa shape index (κ1) is 17.5. The molecule has 1 saturated carbocycles. The zero-order valence-electron chi connectivity index (χ0n) is 14.2. The van der Waals surface area contributed by atoms with E-state index in [4.69, 9.17) is 10.5 Å². The summed E-state index contributed by atoms with van der Waals surface area (Å²) >= 11 is 0. The lowest BCUT2D eigenvalue weighted by Crippen LogP contribution is -2.51. The van der Waals surface area contributed by atoms with Crippen molar-refractivity contribution in [2.24, 2.45) is 5.92 Å². The van der Waals surface area contributed by atoms with E-state index in [2.05, 4.69) is 10.3 Å². The Morgan fingerprint density at radius 3 is 2.74 bits per heavy atom. The fraction of sp³-hybridized carbons (Fsp3) is 0.647. The summed E-state index contributed by atoms with van der Waals surface area (Å²) in [5, 5.41) is 13.2. The molecule has 0 aromatic carbocycles. The van der Waals surface area contributed by atoms with Crippen LogP contribution in [0.15, 0.2) is 18.5 Å². The molecule has 1 aliphatic rings. The number of nitrogens with two attached hydrogens (primary N) is 1. The molecule has 6 heteroatoms. The smallest absolute Gasteiger partial charge is 0.407 e.